The van der Waals surface area contributed by atoms with Gasteiger partial charge >= 0.3 is 0 Å². The molecule has 2 bridgehead atoms. The lowest BCUT2D eigenvalue weighted by molar-refractivity contribution is 0.413. The van der Waals surface area contributed by atoms with Gasteiger partial charge < -0.3 is 15.0 Å². The van der Waals surface area contributed by atoms with Gasteiger partial charge in [-0.25, -0.2) is 0 Å². The average molecular weight is 310 g/mol. The Bertz CT molecular complexity index is 601. The Morgan fingerprint density at radius 3 is 2.26 bits per heavy atom. The van der Waals surface area contributed by atoms with Crippen LogP contribution in [0.15, 0.2) is 48.5 Å². The summed E-state index contributed by atoms with van der Waals surface area (Å²) in [4.78, 5) is 2.36. The van der Waals surface area contributed by atoms with E-state index in [-0.39, 0.29) is 0 Å². The Morgan fingerprint density at radius 2 is 1.61 bits per heavy atom. The maximum absolute atomic E-state index is 5.34. The molecular formula is C20H26N2O. The van der Waals surface area contributed by atoms with Crippen LogP contribution in [0.4, 0.5) is 5.69 Å². The number of hydrogen-bond donors (Lipinski definition) is 1. The number of hydrogen-bond acceptors (Lipinski definition) is 3. The highest BCUT2D eigenvalue weighted by atomic mass is 16.5. The van der Waals surface area contributed by atoms with Crippen LogP contribution in [0.25, 0.3) is 0 Å². The first kappa shape index (κ1) is 15.9. The normalized spacial score (nSPS) is 16.3. The lowest BCUT2D eigenvalue weighted by atomic mass is 9.96. The van der Waals surface area contributed by atoms with E-state index in [4.69, 9.17) is 4.74 Å². The maximum Gasteiger partial charge on any atom is 0.142 e. The highest BCUT2D eigenvalue weighted by molar-refractivity contribution is 5.58. The van der Waals surface area contributed by atoms with Crippen LogP contribution in [0.2, 0.25) is 0 Å². The van der Waals surface area contributed by atoms with Crippen molar-refractivity contribution in [3.05, 3.63) is 59.7 Å². The molecule has 0 unspecified atom stereocenters. The molecule has 3 heteroatoms. The highest BCUT2D eigenvalue weighted by Gasteiger charge is 2.13. The van der Waals surface area contributed by atoms with Crippen LogP contribution in [-0.2, 0) is 12.8 Å². The lowest BCUT2D eigenvalue weighted by Gasteiger charge is -2.30. The second-order valence-electron chi connectivity index (χ2n) is 6.08. The van der Waals surface area contributed by atoms with Crippen LogP contribution >= 0.6 is 0 Å². The zero-order valence-electron chi connectivity index (χ0n) is 13.9. The van der Waals surface area contributed by atoms with E-state index in [0.717, 1.165) is 31.9 Å². The molecule has 4 rings (SSSR count). The van der Waals surface area contributed by atoms with E-state index in [0.29, 0.717) is 0 Å². The van der Waals surface area contributed by atoms with Gasteiger partial charge in [-0.05, 0) is 42.5 Å². The summed E-state index contributed by atoms with van der Waals surface area (Å²) in [6.45, 7) is 4.22. The predicted molar refractivity (Wildman–Crippen MR) is 96.5 cm³/mol. The molecule has 1 saturated heterocycles. The number of para-hydroxylation sites is 2. The number of benzene rings is 2. The molecule has 1 aliphatic carbocycles. The summed E-state index contributed by atoms with van der Waals surface area (Å²) < 4.78 is 5.34. The number of fused-ring (bicyclic) bond motifs is 2. The van der Waals surface area contributed by atoms with E-state index in [1.165, 1.54) is 36.1 Å². The van der Waals surface area contributed by atoms with Crippen LogP contribution in [0.5, 0.6) is 5.75 Å². The van der Waals surface area contributed by atoms with Gasteiger partial charge in [-0.2, -0.15) is 0 Å². The Hall–Kier alpha value is -2.00. The first-order valence-corrected chi connectivity index (χ1v) is 8.53. The Morgan fingerprint density at radius 1 is 0.913 bits per heavy atom. The smallest absolute Gasteiger partial charge is 0.142 e. The van der Waals surface area contributed by atoms with Crippen molar-refractivity contribution >= 4 is 5.69 Å². The number of anilines is 1. The van der Waals surface area contributed by atoms with Gasteiger partial charge in [0.25, 0.3) is 0 Å². The third-order valence-corrected chi connectivity index (χ3v) is 4.47. The van der Waals surface area contributed by atoms with E-state index >= 15 is 0 Å². The molecule has 0 saturated carbocycles. The van der Waals surface area contributed by atoms with Gasteiger partial charge in [0.15, 0.2) is 0 Å². The van der Waals surface area contributed by atoms with Crippen LogP contribution in [0, 0.1) is 0 Å². The Balaban J connectivity index is 0.000000149. The molecular weight excluding hydrogens is 284 g/mol. The molecule has 0 amide bonds. The second-order valence-corrected chi connectivity index (χ2v) is 6.08. The van der Waals surface area contributed by atoms with E-state index in [2.05, 4.69) is 46.6 Å². The van der Waals surface area contributed by atoms with Crippen molar-refractivity contribution in [2.75, 3.05) is 38.2 Å². The van der Waals surface area contributed by atoms with Gasteiger partial charge in [-0.3, -0.25) is 0 Å². The first-order valence-electron chi connectivity index (χ1n) is 8.53. The standard InChI is InChI=1S/C11H16N2O.C9H10/c1-14-11-5-3-2-4-10(11)13-8-6-12-7-9-13;1-3-8-5-2-6-9(4-1)7-8/h2-5,12H,6-9H2,1H3;1,3-4,7H,2,5-6H2. The maximum atomic E-state index is 5.34. The van der Waals surface area contributed by atoms with Crippen molar-refractivity contribution in [2.45, 2.75) is 19.3 Å². The summed E-state index contributed by atoms with van der Waals surface area (Å²) in [6, 6.07) is 17.1. The summed E-state index contributed by atoms with van der Waals surface area (Å²) in [5.74, 6) is 0.967. The third-order valence-electron chi connectivity index (χ3n) is 4.47. The first-order chi connectivity index (χ1) is 11.4. The van der Waals surface area contributed by atoms with Crippen molar-refractivity contribution in [2.24, 2.45) is 0 Å². The largest absolute Gasteiger partial charge is 0.495 e. The molecule has 2 aliphatic rings. The van der Waals surface area contributed by atoms with Gasteiger partial charge in [0, 0.05) is 26.2 Å². The Labute approximate surface area is 139 Å². The minimum Gasteiger partial charge on any atom is -0.495 e. The summed E-state index contributed by atoms with van der Waals surface area (Å²) in [7, 11) is 1.72. The number of ether oxygens (including phenoxy) is 1. The van der Waals surface area contributed by atoms with Gasteiger partial charge in [-0.15, -0.1) is 0 Å². The van der Waals surface area contributed by atoms with Crippen molar-refractivity contribution in [3.63, 3.8) is 0 Å². The summed E-state index contributed by atoms with van der Waals surface area (Å²) in [5, 5.41) is 3.34. The molecule has 2 aromatic rings. The van der Waals surface area contributed by atoms with Crippen molar-refractivity contribution in [1.82, 2.24) is 5.32 Å². The SMILES string of the molecule is COc1ccccc1N1CCNCC1.c1cc2cc(c1)CCC2. The van der Waals surface area contributed by atoms with Crippen LogP contribution in [0.3, 0.4) is 0 Å². The minimum absolute atomic E-state index is 0.967. The molecule has 0 atom stereocenters. The molecule has 0 aromatic heterocycles. The molecule has 0 spiro atoms. The monoisotopic (exact) mass is 310 g/mol. The number of nitrogens with one attached hydrogen (secondary N) is 1. The fraction of sp³-hybridized carbons (Fsp3) is 0.400. The van der Waals surface area contributed by atoms with Gasteiger partial charge in [0.2, 0.25) is 0 Å². The lowest BCUT2D eigenvalue weighted by Crippen LogP contribution is -2.43. The molecule has 1 fully saturated rings. The second kappa shape index (κ2) is 8.02. The van der Waals surface area contributed by atoms with E-state index < -0.39 is 0 Å². The zero-order valence-corrected chi connectivity index (χ0v) is 13.9. The number of aryl methyl sites for hydroxylation is 2. The molecule has 3 nitrogen and oxygen atoms in total. The van der Waals surface area contributed by atoms with Gasteiger partial charge in [0.1, 0.15) is 5.75 Å². The van der Waals surface area contributed by atoms with Gasteiger partial charge in [0.05, 0.1) is 12.8 Å². The summed E-state index contributed by atoms with van der Waals surface area (Å²) >= 11 is 0. The molecule has 23 heavy (non-hydrogen) atoms. The van der Waals surface area contributed by atoms with Crippen molar-refractivity contribution in [3.8, 4) is 5.75 Å². The average Bonchev–Trinajstić information content (AvgIpc) is 2.63. The van der Waals surface area contributed by atoms with Crippen LogP contribution in [-0.4, -0.2) is 33.3 Å². The van der Waals surface area contributed by atoms with Crippen molar-refractivity contribution in [1.29, 1.82) is 0 Å². The zero-order chi connectivity index (χ0) is 15.9. The number of methoxy groups -OCH3 is 1. The van der Waals surface area contributed by atoms with Crippen LogP contribution < -0.4 is 15.0 Å². The van der Waals surface area contributed by atoms with Crippen molar-refractivity contribution < 1.29 is 4.74 Å². The third kappa shape index (κ3) is 4.26. The number of rotatable bonds is 2. The molecule has 1 N–H and O–H groups in total. The predicted octanol–water partition coefficient (Wildman–Crippen LogP) is 3.28. The number of nitrogens with zero attached hydrogens (tertiary/aromatic N) is 1. The van der Waals surface area contributed by atoms with E-state index in [9.17, 15) is 0 Å². The van der Waals surface area contributed by atoms with E-state index in [1.54, 1.807) is 7.11 Å². The fourth-order valence-corrected chi connectivity index (χ4v) is 3.23. The molecule has 122 valence electrons. The molecule has 2 aromatic carbocycles. The number of piperazine rings is 1. The topological polar surface area (TPSA) is 24.5 Å². The highest BCUT2D eigenvalue weighted by Crippen LogP contribution is 2.27. The quantitative estimate of drug-likeness (QED) is 0.921. The summed E-state index contributed by atoms with van der Waals surface area (Å²) in [6.07, 6.45) is 3.92. The van der Waals surface area contributed by atoms with Gasteiger partial charge in [-0.1, -0.05) is 36.4 Å². The molecule has 1 heterocycles. The molecule has 0 radical (unpaired) electrons. The minimum atomic E-state index is 0.967. The fourth-order valence-electron chi connectivity index (χ4n) is 3.23. The van der Waals surface area contributed by atoms with Crippen LogP contribution in [0.1, 0.15) is 17.5 Å². The summed E-state index contributed by atoms with van der Waals surface area (Å²) in [5.41, 5.74) is 4.23. The molecule has 1 aliphatic heterocycles. The van der Waals surface area contributed by atoms with E-state index in [1.807, 2.05) is 12.1 Å². The Kier molecular flexibility index (Phi) is 5.54.